The van der Waals surface area contributed by atoms with E-state index in [9.17, 15) is 15.0 Å². The van der Waals surface area contributed by atoms with E-state index < -0.39 is 11.4 Å². The summed E-state index contributed by atoms with van der Waals surface area (Å²) in [6, 6.07) is 3.36. The second-order valence-electron chi connectivity index (χ2n) is 4.68. The van der Waals surface area contributed by atoms with Gasteiger partial charge in [-0.1, -0.05) is 30.5 Å². The van der Waals surface area contributed by atoms with Crippen molar-refractivity contribution in [3.8, 4) is 5.75 Å². The van der Waals surface area contributed by atoms with Crippen molar-refractivity contribution in [2.75, 3.05) is 0 Å². The standard InChI is InChI=1S/C13H15ClO3/c1-8-4-5-9(14)10(11(8)15)13(12(16)17)6-2-3-7-13/h4-5,15H,2-3,6-7H2,1H3,(H,16,17). The normalized spacial score (nSPS) is 18.2. The van der Waals surface area contributed by atoms with Crippen molar-refractivity contribution in [3.05, 3.63) is 28.3 Å². The van der Waals surface area contributed by atoms with E-state index in [2.05, 4.69) is 0 Å². The van der Waals surface area contributed by atoms with E-state index in [1.54, 1.807) is 19.1 Å². The maximum Gasteiger partial charge on any atom is 0.314 e. The molecule has 2 N–H and O–H groups in total. The molecule has 0 amide bonds. The Hall–Kier alpha value is -1.22. The molecule has 1 saturated carbocycles. The molecule has 0 saturated heterocycles. The highest BCUT2D eigenvalue weighted by molar-refractivity contribution is 6.32. The maximum atomic E-state index is 11.6. The molecule has 1 aromatic rings. The van der Waals surface area contributed by atoms with Crippen LogP contribution in [0.15, 0.2) is 12.1 Å². The summed E-state index contributed by atoms with van der Waals surface area (Å²) in [4.78, 5) is 11.6. The molecule has 0 aromatic heterocycles. The fourth-order valence-corrected chi connectivity index (χ4v) is 3.01. The molecule has 17 heavy (non-hydrogen) atoms. The Labute approximate surface area is 105 Å². The zero-order valence-electron chi connectivity index (χ0n) is 9.66. The summed E-state index contributed by atoms with van der Waals surface area (Å²) in [6.45, 7) is 1.75. The predicted octanol–water partition coefficient (Wildman–Crippen LogP) is 3.25. The van der Waals surface area contributed by atoms with Crippen molar-refractivity contribution < 1.29 is 15.0 Å². The molecule has 0 radical (unpaired) electrons. The zero-order valence-corrected chi connectivity index (χ0v) is 10.4. The second kappa shape index (κ2) is 4.22. The van der Waals surface area contributed by atoms with Gasteiger partial charge < -0.3 is 10.2 Å². The van der Waals surface area contributed by atoms with Gasteiger partial charge in [0.2, 0.25) is 0 Å². The molecule has 3 nitrogen and oxygen atoms in total. The van der Waals surface area contributed by atoms with Gasteiger partial charge in [-0.2, -0.15) is 0 Å². The first-order valence-electron chi connectivity index (χ1n) is 5.71. The second-order valence-corrected chi connectivity index (χ2v) is 5.09. The quantitative estimate of drug-likeness (QED) is 0.852. The number of aryl methyl sites for hydroxylation is 1. The van der Waals surface area contributed by atoms with E-state index in [4.69, 9.17) is 11.6 Å². The number of rotatable bonds is 2. The minimum Gasteiger partial charge on any atom is -0.507 e. The third-order valence-electron chi connectivity index (χ3n) is 3.67. The monoisotopic (exact) mass is 254 g/mol. The lowest BCUT2D eigenvalue weighted by molar-refractivity contribution is -0.143. The predicted molar refractivity (Wildman–Crippen MR) is 65.6 cm³/mol. The van der Waals surface area contributed by atoms with Crippen LogP contribution in [-0.4, -0.2) is 16.2 Å². The fraction of sp³-hybridized carbons (Fsp3) is 0.462. The molecule has 0 aliphatic heterocycles. The van der Waals surface area contributed by atoms with E-state index in [-0.39, 0.29) is 5.75 Å². The molecule has 1 aromatic carbocycles. The summed E-state index contributed by atoms with van der Waals surface area (Å²) in [5.74, 6) is -0.861. The SMILES string of the molecule is Cc1ccc(Cl)c(C2(C(=O)O)CCCC2)c1O. The number of hydrogen-bond donors (Lipinski definition) is 2. The van der Waals surface area contributed by atoms with Crippen LogP contribution in [0, 0.1) is 6.92 Å². The van der Waals surface area contributed by atoms with Crippen LogP contribution in [-0.2, 0) is 10.2 Å². The average Bonchev–Trinajstić information content (AvgIpc) is 2.74. The summed E-state index contributed by atoms with van der Waals surface area (Å²) in [6.07, 6.45) is 2.80. The van der Waals surface area contributed by atoms with Crippen molar-refractivity contribution in [2.45, 2.75) is 38.0 Å². The summed E-state index contributed by atoms with van der Waals surface area (Å²) < 4.78 is 0. The molecule has 1 fully saturated rings. The number of hydrogen-bond acceptors (Lipinski definition) is 2. The summed E-state index contributed by atoms with van der Waals surface area (Å²) in [5.41, 5.74) is 0.0498. The topological polar surface area (TPSA) is 57.5 Å². The van der Waals surface area contributed by atoms with Gasteiger partial charge >= 0.3 is 5.97 Å². The van der Waals surface area contributed by atoms with Gasteiger partial charge in [0.25, 0.3) is 0 Å². The Morgan fingerprint density at radius 3 is 2.47 bits per heavy atom. The van der Waals surface area contributed by atoms with Gasteiger partial charge in [0, 0.05) is 10.6 Å². The molecule has 92 valence electrons. The average molecular weight is 255 g/mol. The Morgan fingerprint density at radius 2 is 1.94 bits per heavy atom. The van der Waals surface area contributed by atoms with E-state index in [1.165, 1.54) is 0 Å². The Morgan fingerprint density at radius 1 is 1.35 bits per heavy atom. The van der Waals surface area contributed by atoms with Crippen molar-refractivity contribution in [1.29, 1.82) is 0 Å². The van der Waals surface area contributed by atoms with E-state index >= 15 is 0 Å². The third-order valence-corrected chi connectivity index (χ3v) is 3.99. The molecule has 0 unspecified atom stereocenters. The minimum absolute atomic E-state index is 0.0294. The number of carboxylic acid groups (broad SMARTS) is 1. The molecule has 0 spiro atoms. The van der Waals surface area contributed by atoms with Crippen LogP contribution in [0.2, 0.25) is 5.02 Å². The highest BCUT2D eigenvalue weighted by atomic mass is 35.5. The maximum absolute atomic E-state index is 11.6. The molecule has 1 aliphatic carbocycles. The van der Waals surface area contributed by atoms with Gasteiger partial charge in [-0.3, -0.25) is 4.79 Å². The molecule has 0 heterocycles. The van der Waals surface area contributed by atoms with Crippen LogP contribution in [0.5, 0.6) is 5.75 Å². The minimum atomic E-state index is -1.01. The highest BCUT2D eigenvalue weighted by Crippen LogP contribution is 2.48. The van der Waals surface area contributed by atoms with Crippen LogP contribution in [0.25, 0.3) is 0 Å². The Bertz CT molecular complexity index is 462. The zero-order chi connectivity index (χ0) is 12.6. The van der Waals surface area contributed by atoms with Gasteiger partial charge in [-0.05, 0) is 31.4 Å². The van der Waals surface area contributed by atoms with Crippen molar-refractivity contribution >= 4 is 17.6 Å². The molecular weight excluding hydrogens is 240 g/mol. The number of aliphatic carboxylic acids is 1. The fourth-order valence-electron chi connectivity index (χ4n) is 2.68. The first kappa shape index (κ1) is 12.2. The number of phenolic OH excluding ortho intramolecular Hbond substituents is 1. The summed E-state index contributed by atoms with van der Waals surface area (Å²) in [7, 11) is 0. The molecule has 0 bridgehead atoms. The van der Waals surface area contributed by atoms with Crippen LogP contribution < -0.4 is 0 Å². The Kier molecular flexibility index (Phi) is 3.04. The number of carboxylic acids is 1. The van der Waals surface area contributed by atoms with Crippen molar-refractivity contribution in [1.82, 2.24) is 0 Å². The number of halogens is 1. The number of carbonyl (C=O) groups is 1. The molecule has 1 aliphatic rings. The van der Waals surface area contributed by atoms with Gasteiger partial charge in [-0.15, -0.1) is 0 Å². The van der Waals surface area contributed by atoms with Gasteiger partial charge in [-0.25, -0.2) is 0 Å². The van der Waals surface area contributed by atoms with E-state index in [1.807, 2.05) is 0 Å². The number of benzene rings is 1. The summed E-state index contributed by atoms with van der Waals surface area (Å²) >= 11 is 6.09. The first-order valence-corrected chi connectivity index (χ1v) is 6.09. The smallest absolute Gasteiger partial charge is 0.314 e. The largest absolute Gasteiger partial charge is 0.507 e. The van der Waals surface area contributed by atoms with Crippen LogP contribution in [0.1, 0.15) is 36.8 Å². The molecule has 2 rings (SSSR count). The van der Waals surface area contributed by atoms with Crippen LogP contribution in [0.4, 0.5) is 0 Å². The molecule has 0 atom stereocenters. The van der Waals surface area contributed by atoms with E-state index in [0.29, 0.717) is 29.0 Å². The first-order chi connectivity index (χ1) is 7.99. The number of aromatic hydroxyl groups is 1. The van der Waals surface area contributed by atoms with Crippen LogP contribution in [0.3, 0.4) is 0 Å². The Balaban J connectivity index is 2.66. The molecule has 4 heteroatoms. The highest BCUT2D eigenvalue weighted by Gasteiger charge is 2.46. The number of phenols is 1. The van der Waals surface area contributed by atoms with Gasteiger partial charge in [0.1, 0.15) is 5.75 Å². The van der Waals surface area contributed by atoms with Crippen LogP contribution >= 0.6 is 11.6 Å². The van der Waals surface area contributed by atoms with Gasteiger partial charge in [0.05, 0.1) is 5.41 Å². The lowest BCUT2D eigenvalue weighted by Gasteiger charge is -2.27. The lowest BCUT2D eigenvalue weighted by Crippen LogP contribution is -2.33. The third kappa shape index (κ3) is 1.78. The van der Waals surface area contributed by atoms with E-state index in [0.717, 1.165) is 12.8 Å². The molecular formula is C13H15ClO3. The lowest BCUT2D eigenvalue weighted by atomic mass is 9.78. The van der Waals surface area contributed by atoms with Crippen molar-refractivity contribution in [2.24, 2.45) is 0 Å². The van der Waals surface area contributed by atoms with Gasteiger partial charge in [0.15, 0.2) is 0 Å². The summed E-state index contributed by atoms with van der Waals surface area (Å²) in [5, 5.41) is 19.9. The van der Waals surface area contributed by atoms with Crippen molar-refractivity contribution in [3.63, 3.8) is 0 Å².